The van der Waals surface area contributed by atoms with Gasteiger partial charge >= 0.3 is 0 Å². The lowest BCUT2D eigenvalue weighted by Gasteiger charge is -2.31. The molecule has 0 bridgehead atoms. The molecule has 0 saturated heterocycles. The van der Waals surface area contributed by atoms with Gasteiger partial charge in [-0.25, -0.2) is 0 Å². The highest BCUT2D eigenvalue weighted by atomic mass is 16.1. The summed E-state index contributed by atoms with van der Waals surface area (Å²) in [6, 6.07) is 1.28. The van der Waals surface area contributed by atoms with E-state index in [4.69, 9.17) is 5.73 Å². The van der Waals surface area contributed by atoms with Gasteiger partial charge in [0.1, 0.15) is 0 Å². The molecule has 0 aromatic carbocycles. The monoisotopic (exact) mass is 267 g/mol. The Bertz CT molecular complexity index is 313. The van der Waals surface area contributed by atoms with Crippen molar-refractivity contribution < 1.29 is 4.79 Å². The third-order valence-corrected chi connectivity index (χ3v) is 4.41. The number of nitrogens with one attached hydrogen (secondary N) is 1. The second-order valence-corrected chi connectivity index (χ2v) is 6.49. The van der Waals surface area contributed by atoms with Gasteiger partial charge in [0.05, 0.1) is 5.54 Å². The van der Waals surface area contributed by atoms with Crippen molar-refractivity contribution in [2.24, 2.45) is 5.73 Å². The molecule has 2 fully saturated rings. The van der Waals surface area contributed by atoms with Crippen molar-refractivity contribution in [3.05, 3.63) is 0 Å². The topological polar surface area (TPSA) is 58.4 Å². The van der Waals surface area contributed by atoms with Crippen LogP contribution in [0, 0.1) is 0 Å². The summed E-state index contributed by atoms with van der Waals surface area (Å²) in [4.78, 5) is 14.3. The minimum absolute atomic E-state index is 0.203. The first-order valence-electron chi connectivity index (χ1n) is 7.87. The van der Waals surface area contributed by atoms with Crippen molar-refractivity contribution in [3.63, 3.8) is 0 Å². The van der Waals surface area contributed by atoms with Crippen LogP contribution in [-0.4, -0.2) is 41.5 Å². The normalized spacial score (nSPS) is 22.5. The van der Waals surface area contributed by atoms with Gasteiger partial charge in [-0.15, -0.1) is 0 Å². The van der Waals surface area contributed by atoms with Crippen LogP contribution in [-0.2, 0) is 4.79 Å². The molecular weight excluding hydrogens is 238 g/mol. The number of hydrogen-bond donors (Lipinski definition) is 2. The minimum atomic E-state index is -0.527. The fraction of sp³-hybridized carbons (Fsp3) is 0.933. The predicted molar refractivity (Wildman–Crippen MR) is 77.9 cm³/mol. The van der Waals surface area contributed by atoms with Crippen molar-refractivity contribution in [3.8, 4) is 0 Å². The van der Waals surface area contributed by atoms with Gasteiger partial charge in [-0.1, -0.05) is 13.3 Å². The first kappa shape index (κ1) is 14.8. The lowest BCUT2D eigenvalue weighted by molar-refractivity contribution is -0.124. The summed E-state index contributed by atoms with van der Waals surface area (Å²) in [6.07, 6.45) is 8.34. The molecule has 0 heterocycles. The molecule has 3 N–H and O–H groups in total. The molecule has 0 aromatic rings. The maximum Gasteiger partial charge on any atom is 0.237 e. The SMILES string of the molecule is CCCCN(CCC(C)(NC1CC1)C(N)=O)C1CC1. The third-order valence-electron chi connectivity index (χ3n) is 4.41. The van der Waals surface area contributed by atoms with E-state index in [9.17, 15) is 4.79 Å². The smallest absolute Gasteiger partial charge is 0.237 e. The molecular formula is C15H29N3O. The van der Waals surface area contributed by atoms with Crippen molar-refractivity contribution in [2.45, 2.75) is 76.4 Å². The van der Waals surface area contributed by atoms with Crippen LogP contribution >= 0.6 is 0 Å². The van der Waals surface area contributed by atoms with Crippen molar-refractivity contribution >= 4 is 5.91 Å². The zero-order chi connectivity index (χ0) is 13.9. The van der Waals surface area contributed by atoms with E-state index >= 15 is 0 Å². The summed E-state index contributed by atoms with van der Waals surface area (Å²) in [5, 5.41) is 3.44. The first-order chi connectivity index (χ1) is 9.05. The second kappa shape index (κ2) is 6.23. The summed E-state index contributed by atoms with van der Waals surface area (Å²) < 4.78 is 0. The highest BCUT2D eigenvalue weighted by Gasteiger charge is 2.38. The van der Waals surface area contributed by atoms with Crippen LogP contribution in [0.25, 0.3) is 0 Å². The number of rotatable bonds is 10. The van der Waals surface area contributed by atoms with Crippen LogP contribution in [0.3, 0.4) is 0 Å². The Hall–Kier alpha value is -0.610. The number of carbonyl (C=O) groups is 1. The Morgan fingerprint density at radius 1 is 1.32 bits per heavy atom. The Morgan fingerprint density at radius 2 is 2.00 bits per heavy atom. The van der Waals surface area contributed by atoms with E-state index in [1.807, 2.05) is 6.92 Å². The van der Waals surface area contributed by atoms with E-state index in [-0.39, 0.29) is 5.91 Å². The molecule has 1 amide bonds. The van der Waals surface area contributed by atoms with Gasteiger partial charge in [-0.2, -0.15) is 0 Å². The molecule has 0 radical (unpaired) electrons. The number of amides is 1. The van der Waals surface area contributed by atoms with Gasteiger partial charge in [-0.05, 0) is 52.0 Å². The van der Waals surface area contributed by atoms with Crippen LogP contribution < -0.4 is 11.1 Å². The molecule has 0 aromatic heterocycles. The quantitative estimate of drug-likeness (QED) is 0.632. The predicted octanol–water partition coefficient (Wildman–Crippen LogP) is 1.64. The summed E-state index contributed by atoms with van der Waals surface area (Å²) in [5.74, 6) is -0.203. The van der Waals surface area contributed by atoms with Crippen LogP contribution in [0.5, 0.6) is 0 Å². The Balaban J connectivity index is 1.83. The van der Waals surface area contributed by atoms with E-state index in [0.29, 0.717) is 6.04 Å². The van der Waals surface area contributed by atoms with Crippen molar-refractivity contribution in [1.29, 1.82) is 0 Å². The first-order valence-corrected chi connectivity index (χ1v) is 7.87. The lowest BCUT2D eigenvalue weighted by atomic mass is 9.96. The van der Waals surface area contributed by atoms with E-state index in [2.05, 4.69) is 17.1 Å². The molecule has 0 aliphatic heterocycles. The number of hydrogen-bond acceptors (Lipinski definition) is 3. The molecule has 2 aliphatic rings. The van der Waals surface area contributed by atoms with Crippen LogP contribution in [0.2, 0.25) is 0 Å². The lowest BCUT2D eigenvalue weighted by Crippen LogP contribution is -2.55. The summed E-state index contributed by atoms with van der Waals surface area (Å²) in [5.41, 5.74) is 5.08. The Labute approximate surface area is 117 Å². The zero-order valence-electron chi connectivity index (χ0n) is 12.5. The number of carbonyl (C=O) groups excluding carboxylic acids is 1. The van der Waals surface area contributed by atoms with Gasteiger partial charge in [0, 0.05) is 18.6 Å². The summed E-state index contributed by atoms with van der Waals surface area (Å²) in [7, 11) is 0. The average molecular weight is 267 g/mol. The molecule has 2 saturated carbocycles. The molecule has 1 atom stereocenters. The molecule has 19 heavy (non-hydrogen) atoms. The van der Waals surface area contributed by atoms with Gasteiger partial charge in [0.2, 0.25) is 5.91 Å². The highest BCUT2D eigenvalue weighted by molar-refractivity contribution is 5.84. The van der Waals surface area contributed by atoms with Crippen LogP contribution in [0.1, 0.15) is 58.8 Å². The van der Waals surface area contributed by atoms with Gasteiger partial charge in [0.25, 0.3) is 0 Å². The largest absolute Gasteiger partial charge is 0.368 e. The fourth-order valence-corrected chi connectivity index (χ4v) is 2.59. The van der Waals surface area contributed by atoms with E-state index in [1.165, 1.54) is 45.1 Å². The number of primary amides is 1. The number of nitrogens with two attached hydrogens (primary N) is 1. The number of unbranched alkanes of at least 4 members (excludes halogenated alkanes) is 1. The minimum Gasteiger partial charge on any atom is -0.368 e. The summed E-state index contributed by atoms with van der Waals surface area (Å²) >= 11 is 0. The van der Waals surface area contributed by atoms with Crippen LogP contribution in [0.15, 0.2) is 0 Å². The molecule has 110 valence electrons. The van der Waals surface area contributed by atoms with Gasteiger partial charge < -0.3 is 16.0 Å². The van der Waals surface area contributed by atoms with E-state index < -0.39 is 5.54 Å². The van der Waals surface area contributed by atoms with E-state index in [0.717, 1.165) is 19.0 Å². The maximum absolute atomic E-state index is 11.7. The van der Waals surface area contributed by atoms with Gasteiger partial charge in [-0.3, -0.25) is 4.79 Å². The second-order valence-electron chi connectivity index (χ2n) is 6.49. The molecule has 0 spiro atoms. The summed E-state index contributed by atoms with van der Waals surface area (Å²) in [6.45, 7) is 6.36. The zero-order valence-corrected chi connectivity index (χ0v) is 12.5. The molecule has 2 aliphatic carbocycles. The van der Waals surface area contributed by atoms with Crippen molar-refractivity contribution in [2.75, 3.05) is 13.1 Å². The van der Waals surface area contributed by atoms with Crippen molar-refractivity contribution in [1.82, 2.24) is 10.2 Å². The third kappa shape index (κ3) is 4.46. The van der Waals surface area contributed by atoms with E-state index in [1.54, 1.807) is 0 Å². The van der Waals surface area contributed by atoms with Crippen LogP contribution in [0.4, 0.5) is 0 Å². The Morgan fingerprint density at radius 3 is 2.47 bits per heavy atom. The average Bonchev–Trinajstić information content (AvgIpc) is 3.22. The fourth-order valence-electron chi connectivity index (χ4n) is 2.59. The molecule has 1 unspecified atom stereocenters. The van der Waals surface area contributed by atoms with Gasteiger partial charge in [0.15, 0.2) is 0 Å². The standard InChI is InChI=1S/C15H29N3O/c1-3-4-10-18(13-7-8-13)11-9-15(2,14(16)19)17-12-5-6-12/h12-13,17H,3-11H2,1-2H3,(H2,16,19). The number of nitrogens with zero attached hydrogens (tertiary/aromatic N) is 1. The maximum atomic E-state index is 11.7. The Kier molecular flexibility index (Phi) is 4.85. The molecule has 4 nitrogen and oxygen atoms in total. The molecule has 4 heteroatoms. The highest BCUT2D eigenvalue weighted by Crippen LogP contribution is 2.29. The molecule has 2 rings (SSSR count).